The molecule has 0 aliphatic carbocycles. The topological polar surface area (TPSA) is 87.2 Å². The number of benzene rings is 1. The number of carbonyl (C=O) groups is 3. The van der Waals surface area contributed by atoms with E-state index in [0.29, 0.717) is 44.6 Å². The Morgan fingerprint density at radius 1 is 1.14 bits per heavy atom. The van der Waals surface area contributed by atoms with Crippen LogP contribution in [-0.2, 0) is 9.53 Å². The van der Waals surface area contributed by atoms with Crippen LogP contribution >= 0.6 is 11.6 Å². The van der Waals surface area contributed by atoms with Gasteiger partial charge in [-0.15, -0.1) is 0 Å². The maximum atomic E-state index is 13.2. The monoisotopic (exact) mass is 408 g/mol. The van der Waals surface area contributed by atoms with Crippen LogP contribution in [0.25, 0.3) is 0 Å². The number of nitrogens with zero attached hydrogens (tertiary/aromatic N) is 2. The summed E-state index contributed by atoms with van der Waals surface area (Å²) < 4.78 is 5.41. The fourth-order valence-corrected chi connectivity index (χ4v) is 4.16. The normalized spacial score (nSPS) is 19.2. The molecule has 152 valence electrons. The molecule has 2 heterocycles. The van der Waals surface area contributed by atoms with Gasteiger partial charge in [0.25, 0.3) is 0 Å². The third kappa shape index (κ3) is 3.81. The lowest BCUT2D eigenvalue weighted by molar-refractivity contribution is -0.128. The molecule has 0 unspecified atom stereocenters. The highest BCUT2D eigenvalue weighted by atomic mass is 35.5. The van der Waals surface area contributed by atoms with Gasteiger partial charge in [0.2, 0.25) is 5.91 Å². The second-order valence-electron chi connectivity index (χ2n) is 8.39. The van der Waals surface area contributed by atoms with Crippen molar-refractivity contribution in [3.05, 3.63) is 28.8 Å². The van der Waals surface area contributed by atoms with E-state index < -0.39 is 17.0 Å². The quantitative estimate of drug-likeness (QED) is 0.804. The summed E-state index contributed by atoms with van der Waals surface area (Å²) >= 11 is 6.06. The zero-order valence-electron chi connectivity index (χ0n) is 16.3. The molecular formula is C20H25ClN2O5. The summed E-state index contributed by atoms with van der Waals surface area (Å²) in [6.07, 6.45) is 1.32. The Morgan fingerprint density at radius 3 is 2.32 bits per heavy atom. The van der Waals surface area contributed by atoms with E-state index in [1.807, 2.05) is 20.8 Å². The van der Waals surface area contributed by atoms with E-state index in [0.717, 1.165) is 0 Å². The van der Waals surface area contributed by atoms with Crippen molar-refractivity contribution in [2.75, 3.05) is 24.5 Å². The molecule has 0 aromatic heterocycles. The van der Waals surface area contributed by atoms with Crippen LogP contribution in [0.2, 0.25) is 5.02 Å². The van der Waals surface area contributed by atoms with Crippen LogP contribution in [0.3, 0.4) is 0 Å². The first-order chi connectivity index (χ1) is 13.0. The third-order valence-corrected chi connectivity index (χ3v) is 5.70. The van der Waals surface area contributed by atoms with Crippen molar-refractivity contribution < 1.29 is 24.2 Å². The van der Waals surface area contributed by atoms with Gasteiger partial charge in [-0.05, 0) is 52.2 Å². The maximum absolute atomic E-state index is 13.2. The summed E-state index contributed by atoms with van der Waals surface area (Å²) in [5.41, 5.74) is -0.861. The van der Waals surface area contributed by atoms with Crippen molar-refractivity contribution in [2.24, 2.45) is 5.41 Å². The predicted octanol–water partition coefficient (Wildman–Crippen LogP) is 3.79. The molecule has 7 nitrogen and oxygen atoms in total. The SMILES string of the molecule is CC(C)(C)OC(=O)N1CCC2(CC1)CCN(c1cccc(Cl)c1C(=O)O)C2=O. The number of hydrogen-bond acceptors (Lipinski definition) is 4. The summed E-state index contributed by atoms with van der Waals surface area (Å²) in [6, 6.07) is 4.76. The van der Waals surface area contributed by atoms with E-state index in [1.54, 1.807) is 17.0 Å². The second-order valence-corrected chi connectivity index (χ2v) is 8.80. The molecule has 0 bridgehead atoms. The summed E-state index contributed by atoms with van der Waals surface area (Å²) in [5.74, 6) is -1.25. The molecule has 0 saturated carbocycles. The number of amides is 2. The first-order valence-electron chi connectivity index (χ1n) is 9.36. The summed E-state index contributed by atoms with van der Waals surface area (Å²) in [5, 5.41) is 9.61. The summed E-state index contributed by atoms with van der Waals surface area (Å²) in [4.78, 5) is 40.3. The van der Waals surface area contributed by atoms with Gasteiger partial charge in [-0.1, -0.05) is 17.7 Å². The lowest BCUT2D eigenvalue weighted by Gasteiger charge is -2.38. The Labute approximate surface area is 169 Å². The molecule has 28 heavy (non-hydrogen) atoms. The molecule has 2 aliphatic heterocycles. The molecule has 1 N–H and O–H groups in total. The minimum Gasteiger partial charge on any atom is -0.478 e. The first kappa shape index (κ1) is 20.5. The molecule has 0 radical (unpaired) electrons. The number of piperidine rings is 1. The van der Waals surface area contributed by atoms with Crippen LogP contribution in [0.1, 0.15) is 50.4 Å². The van der Waals surface area contributed by atoms with Gasteiger partial charge in [-0.2, -0.15) is 0 Å². The minimum atomic E-state index is -1.16. The van der Waals surface area contributed by atoms with E-state index >= 15 is 0 Å². The van der Waals surface area contributed by atoms with E-state index in [4.69, 9.17) is 16.3 Å². The van der Waals surface area contributed by atoms with Crippen LogP contribution < -0.4 is 4.90 Å². The standard InChI is InChI=1S/C20H25ClN2O5/c1-19(2,3)28-18(27)22-10-7-20(8-11-22)9-12-23(17(20)26)14-6-4-5-13(21)15(14)16(24)25/h4-6H,7-12H2,1-3H3,(H,24,25). The molecule has 2 aliphatic rings. The van der Waals surface area contributed by atoms with Gasteiger partial charge < -0.3 is 19.6 Å². The maximum Gasteiger partial charge on any atom is 0.410 e. The van der Waals surface area contributed by atoms with Crippen LogP contribution in [0.15, 0.2) is 18.2 Å². The number of carboxylic acids is 1. The summed E-state index contributed by atoms with van der Waals surface area (Å²) in [6.45, 7) is 6.77. The van der Waals surface area contributed by atoms with Crippen molar-refractivity contribution in [3.63, 3.8) is 0 Å². The molecule has 1 spiro atoms. The van der Waals surface area contributed by atoms with Crippen molar-refractivity contribution in [3.8, 4) is 0 Å². The zero-order chi connectivity index (χ0) is 20.7. The number of ether oxygens (including phenoxy) is 1. The highest BCUT2D eigenvalue weighted by Crippen LogP contribution is 2.44. The minimum absolute atomic E-state index is 0.0549. The molecule has 1 aromatic rings. The van der Waals surface area contributed by atoms with Gasteiger partial charge in [0.1, 0.15) is 11.2 Å². The van der Waals surface area contributed by atoms with Gasteiger partial charge in [-0.25, -0.2) is 9.59 Å². The molecule has 1 aromatic carbocycles. The van der Waals surface area contributed by atoms with Crippen molar-refractivity contribution >= 4 is 35.3 Å². The lowest BCUT2D eigenvalue weighted by Crippen LogP contribution is -2.48. The van der Waals surface area contributed by atoms with Crippen molar-refractivity contribution in [2.45, 2.75) is 45.6 Å². The van der Waals surface area contributed by atoms with Crippen LogP contribution in [0, 0.1) is 5.41 Å². The molecule has 2 fully saturated rings. The van der Waals surface area contributed by atoms with Gasteiger partial charge in [-0.3, -0.25) is 4.79 Å². The van der Waals surface area contributed by atoms with Gasteiger partial charge in [0.05, 0.1) is 16.1 Å². The Balaban J connectivity index is 1.75. The molecule has 3 rings (SSSR count). The number of halogens is 1. The molecule has 0 atom stereocenters. The summed E-state index contributed by atoms with van der Waals surface area (Å²) in [7, 11) is 0. The predicted molar refractivity (Wildman–Crippen MR) is 105 cm³/mol. The van der Waals surface area contributed by atoms with E-state index in [9.17, 15) is 19.5 Å². The van der Waals surface area contributed by atoms with Crippen molar-refractivity contribution in [1.29, 1.82) is 0 Å². The highest BCUT2D eigenvalue weighted by Gasteiger charge is 2.50. The molecule has 2 saturated heterocycles. The number of carboxylic acid groups (broad SMARTS) is 1. The number of rotatable bonds is 2. The number of likely N-dealkylation sites (tertiary alicyclic amines) is 1. The smallest absolute Gasteiger partial charge is 0.410 e. The fourth-order valence-electron chi connectivity index (χ4n) is 3.91. The third-order valence-electron chi connectivity index (χ3n) is 5.38. The Kier molecular flexibility index (Phi) is 5.32. The van der Waals surface area contributed by atoms with Crippen LogP contribution in [-0.4, -0.2) is 53.2 Å². The second kappa shape index (κ2) is 7.28. The number of aromatic carboxylic acids is 1. The first-order valence-corrected chi connectivity index (χ1v) is 9.74. The van der Waals surface area contributed by atoms with Crippen LogP contribution in [0.5, 0.6) is 0 Å². The number of carbonyl (C=O) groups excluding carboxylic acids is 2. The van der Waals surface area contributed by atoms with E-state index in [2.05, 4.69) is 0 Å². The van der Waals surface area contributed by atoms with Crippen LogP contribution in [0.4, 0.5) is 10.5 Å². The number of hydrogen-bond donors (Lipinski definition) is 1. The molecule has 2 amide bonds. The Bertz CT molecular complexity index is 809. The Hall–Kier alpha value is -2.28. The highest BCUT2D eigenvalue weighted by molar-refractivity contribution is 6.34. The Morgan fingerprint density at radius 2 is 1.75 bits per heavy atom. The lowest BCUT2D eigenvalue weighted by atomic mass is 9.77. The fraction of sp³-hybridized carbons (Fsp3) is 0.550. The molecular weight excluding hydrogens is 384 g/mol. The average molecular weight is 409 g/mol. The zero-order valence-corrected chi connectivity index (χ0v) is 17.1. The van der Waals surface area contributed by atoms with Gasteiger partial charge in [0.15, 0.2) is 0 Å². The average Bonchev–Trinajstić information content (AvgIpc) is 2.90. The van der Waals surface area contributed by atoms with E-state index in [1.165, 1.54) is 11.0 Å². The van der Waals surface area contributed by atoms with Gasteiger partial charge in [0, 0.05) is 19.6 Å². The van der Waals surface area contributed by atoms with Gasteiger partial charge >= 0.3 is 12.1 Å². The largest absolute Gasteiger partial charge is 0.478 e. The molecule has 8 heteroatoms. The number of anilines is 1. The van der Waals surface area contributed by atoms with E-state index in [-0.39, 0.29) is 22.6 Å². The van der Waals surface area contributed by atoms with Crippen molar-refractivity contribution in [1.82, 2.24) is 4.90 Å².